The van der Waals surface area contributed by atoms with E-state index in [4.69, 9.17) is 15.2 Å². The van der Waals surface area contributed by atoms with Crippen LogP contribution >= 0.6 is 0 Å². The van der Waals surface area contributed by atoms with Crippen molar-refractivity contribution in [2.75, 3.05) is 38.7 Å². The Bertz CT molecular complexity index is 1120. The van der Waals surface area contributed by atoms with E-state index in [0.29, 0.717) is 42.3 Å². The van der Waals surface area contributed by atoms with Crippen LogP contribution in [-0.2, 0) is 9.53 Å². The summed E-state index contributed by atoms with van der Waals surface area (Å²) in [5, 5.41) is 2.90. The molecule has 2 aromatic carbocycles. The van der Waals surface area contributed by atoms with E-state index >= 15 is 0 Å². The Morgan fingerprint density at radius 3 is 2.55 bits per heavy atom. The van der Waals surface area contributed by atoms with Crippen LogP contribution in [0.2, 0.25) is 0 Å². The van der Waals surface area contributed by atoms with Gasteiger partial charge in [0.05, 0.1) is 31.6 Å². The van der Waals surface area contributed by atoms with Crippen molar-refractivity contribution in [3.05, 3.63) is 72.2 Å². The van der Waals surface area contributed by atoms with Gasteiger partial charge in [-0.2, -0.15) is 0 Å². The van der Waals surface area contributed by atoms with Gasteiger partial charge in [-0.25, -0.2) is 0 Å². The predicted molar refractivity (Wildman–Crippen MR) is 123 cm³/mol. The van der Waals surface area contributed by atoms with Gasteiger partial charge in [0.1, 0.15) is 11.9 Å². The highest BCUT2D eigenvalue weighted by Crippen LogP contribution is 2.29. The minimum Gasteiger partial charge on any atom is -0.497 e. The molecule has 9 heteroatoms. The van der Waals surface area contributed by atoms with Crippen molar-refractivity contribution in [1.29, 1.82) is 0 Å². The third kappa shape index (κ3) is 5.51. The number of hydrogen-bond acceptors (Lipinski definition) is 7. The number of amides is 2. The number of nitrogens with two attached hydrogens (primary N) is 1. The molecule has 2 amide bonds. The number of methoxy groups -OCH3 is 1. The fourth-order valence-corrected chi connectivity index (χ4v) is 3.69. The van der Waals surface area contributed by atoms with Crippen LogP contribution < -0.4 is 15.8 Å². The summed E-state index contributed by atoms with van der Waals surface area (Å²) >= 11 is 0. The third-order valence-electron chi connectivity index (χ3n) is 5.37. The quantitative estimate of drug-likeness (QED) is 0.570. The van der Waals surface area contributed by atoms with Crippen LogP contribution in [0.3, 0.4) is 0 Å². The number of rotatable bonds is 7. The molecule has 0 spiro atoms. The number of anilines is 1. The molecule has 0 aliphatic carbocycles. The van der Waals surface area contributed by atoms with Gasteiger partial charge in [0, 0.05) is 42.3 Å². The minimum absolute atomic E-state index is 0.109. The van der Waals surface area contributed by atoms with Crippen molar-refractivity contribution < 1.29 is 19.1 Å². The zero-order chi connectivity index (χ0) is 23.2. The number of aromatic nitrogens is 2. The number of nitrogens with one attached hydrogen (secondary N) is 1. The molecule has 1 aliphatic rings. The summed E-state index contributed by atoms with van der Waals surface area (Å²) in [4.78, 5) is 35.0. The number of primary amides is 1. The van der Waals surface area contributed by atoms with E-state index in [1.54, 1.807) is 68.0 Å². The Hall–Kier alpha value is -3.82. The Morgan fingerprint density at radius 2 is 1.85 bits per heavy atom. The van der Waals surface area contributed by atoms with Gasteiger partial charge in [-0.3, -0.25) is 24.5 Å². The topological polar surface area (TPSA) is 120 Å². The van der Waals surface area contributed by atoms with Crippen LogP contribution in [0, 0.1) is 0 Å². The second-order valence-electron chi connectivity index (χ2n) is 7.60. The van der Waals surface area contributed by atoms with E-state index in [2.05, 4.69) is 15.3 Å². The molecule has 1 atom stereocenters. The van der Waals surface area contributed by atoms with Gasteiger partial charge in [0.15, 0.2) is 0 Å². The fourth-order valence-electron chi connectivity index (χ4n) is 3.69. The maximum Gasteiger partial charge on any atom is 0.248 e. The molecule has 170 valence electrons. The average Bonchev–Trinajstić information content (AvgIpc) is 2.84. The highest BCUT2D eigenvalue weighted by atomic mass is 16.5. The molecule has 1 unspecified atom stereocenters. The Kier molecular flexibility index (Phi) is 6.92. The zero-order valence-electron chi connectivity index (χ0n) is 18.2. The molecule has 4 rings (SSSR count). The monoisotopic (exact) mass is 447 g/mol. The van der Waals surface area contributed by atoms with Crippen LogP contribution in [0.25, 0.3) is 11.3 Å². The number of benzene rings is 2. The molecule has 1 aliphatic heterocycles. The summed E-state index contributed by atoms with van der Waals surface area (Å²) in [5.74, 6) is 0.135. The van der Waals surface area contributed by atoms with Crippen LogP contribution in [0.4, 0.5) is 5.69 Å². The molecule has 33 heavy (non-hydrogen) atoms. The van der Waals surface area contributed by atoms with Gasteiger partial charge < -0.3 is 20.5 Å². The first-order chi connectivity index (χ1) is 16.0. The number of carbonyl (C=O) groups is 2. The predicted octanol–water partition coefficient (Wildman–Crippen LogP) is 2.26. The SMILES string of the molecule is COc1ccc(NC(=O)CN2CCOC(c3nccnc3-c3ccc(C(N)=O)cc3)C2)cc1. The van der Waals surface area contributed by atoms with E-state index in [1.807, 2.05) is 4.90 Å². The first-order valence-corrected chi connectivity index (χ1v) is 10.5. The summed E-state index contributed by atoms with van der Waals surface area (Å²) in [6.45, 7) is 1.84. The molecule has 1 aromatic heterocycles. The molecular formula is C24H25N5O4. The number of carbonyl (C=O) groups excluding carboxylic acids is 2. The Morgan fingerprint density at radius 1 is 1.12 bits per heavy atom. The maximum atomic E-state index is 12.6. The second-order valence-corrected chi connectivity index (χ2v) is 7.60. The van der Waals surface area contributed by atoms with Crippen LogP contribution in [0.15, 0.2) is 60.9 Å². The highest BCUT2D eigenvalue weighted by molar-refractivity contribution is 5.93. The van der Waals surface area contributed by atoms with E-state index < -0.39 is 5.91 Å². The molecule has 3 N–H and O–H groups in total. The fraction of sp³-hybridized carbons (Fsp3) is 0.250. The molecule has 1 fully saturated rings. The molecule has 9 nitrogen and oxygen atoms in total. The van der Waals surface area contributed by atoms with Crippen molar-refractivity contribution in [1.82, 2.24) is 14.9 Å². The summed E-state index contributed by atoms with van der Waals surface area (Å²) in [6.07, 6.45) is 2.89. The molecule has 0 bridgehead atoms. The maximum absolute atomic E-state index is 12.6. The van der Waals surface area contributed by atoms with E-state index in [1.165, 1.54) is 0 Å². The number of ether oxygens (including phenoxy) is 2. The molecule has 0 saturated carbocycles. The van der Waals surface area contributed by atoms with E-state index in [-0.39, 0.29) is 18.6 Å². The van der Waals surface area contributed by atoms with Crippen molar-refractivity contribution in [3.8, 4) is 17.0 Å². The van der Waals surface area contributed by atoms with E-state index in [0.717, 1.165) is 11.3 Å². The van der Waals surface area contributed by atoms with Crippen molar-refractivity contribution in [2.24, 2.45) is 5.73 Å². The minimum atomic E-state index is -0.486. The second kappa shape index (κ2) is 10.2. The third-order valence-corrected chi connectivity index (χ3v) is 5.37. The van der Waals surface area contributed by atoms with Crippen molar-refractivity contribution in [3.63, 3.8) is 0 Å². The smallest absolute Gasteiger partial charge is 0.248 e. The first-order valence-electron chi connectivity index (χ1n) is 10.5. The number of hydrogen-bond donors (Lipinski definition) is 2. The lowest BCUT2D eigenvalue weighted by atomic mass is 10.0. The normalized spacial score (nSPS) is 16.2. The summed E-state index contributed by atoms with van der Waals surface area (Å²) in [6, 6.07) is 14.1. The lowest BCUT2D eigenvalue weighted by Crippen LogP contribution is -2.42. The van der Waals surface area contributed by atoms with E-state index in [9.17, 15) is 9.59 Å². The molecule has 1 saturated heterocycles. The van der Waals surface area contributed by atoms with Gasteiger partial charge in [-0.05, 0) is 36.4 Å². The Balaban J connectivity index is 1.44. The molecule has 2 heterocycles. The van der Waals surface area contributed by atoms with Crippen LogP contribution in [0.1, 0.15) is 22.2 Å². The molecule has 3 aromatic rings. The zero-order valence-corrected chi connectivity index (χ0v) is 18.2. The number of morpholine rings is 1. The van der Waals surface area contributed by atoms with Crippen molar-refractivity contribution >= 4 is 17.5 Å². The molecular weight excluding hydrogens is 422 g/mol. The van der Waals surface area contributed by atoms with Gasteiger partial charge in [-0.1, -0.05) is 12.1 Å². The van der Waals surface area contributed by atoms with Crippen molar-refractivity contribution in [2.45, 2.75) is 6.10 Å². The van der Waals surface area contributed by atoms with Gasteiger partial charge in [-0.15, -0.1) is 0 Å². The highest BCUT2D eigenvalue weighted by Gasteiger charge is 2.27. The summed E-state index contributed by atoms with van der Waals surface area (Å²) in [7, 11) is 1.60. The van der Waals surface area contributed by atoms with Gasteiger partial charge >= 0.3 is 0 Å². The van der Waals surface area contributed by atoms with Gasteiger partial charge in [0.2, 0.25) is 11.8 Å². The lowest BCUT2D eigenvalue weighted by Gasteiger charge is -2.32. The Labute approximate surface area is 191 Å². The molecule has 0 radical (unpaired) electrons. The first kappa shape index (κ1) is 22.4. The largest absolute Gasteiger partial charge is 0.497 e. The van der Waals surface area contributed by atoms with Crippen LogP contribution in [0.5, 0.6) is 5.75 Å². The van der Waals surface area contributed by atoms with Gasteiger partial charge in [0.25, 0.3) is 0 Å². The lowest BCUT2D eigenvalue weighted by molar-refractivity contribution is -0.119. The summed E-state index contributed by atoms with van der Waals surface area (Å²) < 4.78 is 11.1. The average molecular weight is 447 g/mol. The van der Waals surface area contributed by atoms with Crippen LogP contribution in [-0.4, -0.2) is 60.0 Å². The standard InChI is InChI=1S/C24H25N5O4/c1-32-19-8-6-18(7-9-19)28-21(30)15-29-12-13-33-20(14-29)23-22(26-10-11-27-23)16-2-4-17(5-3-16)24(25)31/h2-11,20H,12-15H2,1H3,(H2,25,31)(H,28,30). The number of nitrogens with zero attached hydrogens (tertiary/aromatic N) is 3. The summed E-state index contributed by atoms with van der Waals surface area (Å²) in [5.41, 5.74) is 8.63.